The molecule has 126 valence electrons. The molecule has 1 aliphatic heterocycles. The Morgan fingerprint density at radius 2 is 1.75 bits per heavy atom. The molecule has 1 N–H and O–H groups in total. The molecule has 1 fully saturated rings. The van der Waals surface area contributed by atoms with E-state index in [0.29, 0.717) is 0 Å². The maximum Gasteiger partial charge on any atom is 0.217 e. The van der Waals surface area contributed by atoms with Gasteiger partial charge in [0.2, 0.25) is 5.91 Å². The Balaban J connectivity index is 2.08. The van der Waals surface area contributed by atoms with Gasteiger partial charge in [-0.2, -0.15) is 0 Å². The highest BCUT2D eigenvalue weighted by atomic mass is 16.1. The number of hydrogen-bond donors (Lipinski definition) is 1. The third-order valence-corrected chi connectivity index (χ3v) is 5.08. The molecule has 0 spiro atoms. The highest BCUT2D eigenvalue weighted by Crippen LogP contribution is 2.40. The first-order chi connectivity index (χ1) is 11.6. The predicted octanol–water partition coefficient (Wildman–Crippen LogP) is 3.24. The molecular weight excluding hydrogens is 298 g/mol. The summed E-state index contributed by atoms with van der Waals surface area (Å²) in [4.78, 5) is 16.6. The van der Waals surface area contributed by atoms with Gasteiger partial charge in [-0.15, -0.1) is 0 Å². The molecule has 3 rings (SSSR count). The second-order valence-electron chi connectivity index (χ2n) is 6.92. The Morgan fingerprint density at radius 3 is 2.33 bits per heavy atom. The van der Waals surface area contributed by atoms with E-state index in [4.69, 9.17) is 0 Å². The van der Waals surface area contributed by atoms with E-state index in [2.05, 4.69) is 35.5 Å². The van der Waals surface area contributed by atoms with Crippen LogP contribution in [-0.2, 0) is 4.79 Å². The standard InChI is InChI=1S/C20H25N3O/c1-16(24)22-19(17-10-4-3-5-11-17)20(18-12-6-7-13-21-18)23(2)14-8-9-15-23/h3-7,10-13,19-20H,8-9,14-15H2,1-2H3/p+1/t19-,20?/m0/s1. The summed E-state index contributed by atoms with van der Waals surface area (Å²) in [6, 6.07) is 16.4. The molecule has 4 heteroatoms. The van der Waals surface area contributed by atoms with Gasteiger partial charge in [0.05, 0.1) is 20.1 Å². The SMILES string of the molecule is CC(=O)N[C@@H](c1ccccc1)C(c1ccccn1)[N+]1(C)CCCC1. The van der Waals surface area contributed by atoms with E-state index in [1.807, 2.05) is 36.5 Å². The van der Waals surface area contributed by atoms with E-state index in [1.165, 1.54) is 12.8 Å². The second kappa shape index (κ2) is 7.14. The van der Waals surface area contributed by atoms with Gasteiger partial charge in [-0.3, -0.25) is 9.78 Å². The average molecular weight is 324 g/mol. The van der Waals surface area contributed by atoms with Gasteiger partial charge in [0.15, 0.2) is 6.04 Å². The maximum absolute atomic E-state index is 11.9. The predicted molar refractivity (Wildman–Crippen MR) is 95.1 cm³/mol. The van der Waals surface area contributed by atoms with Crippen LogP contribution in [0.1, 0.15) is 43.1 Å². The van der Waals surface area contributed by atoms with Crippen LogP contribution in [0.2, 0.25) is 0 Å². The number of carbonyl (C=O) groups excluding carboxylic acids is 1. The third kappa shape index (κ3) is 3.49. The molecule has 1 aliphatic rings. The molecule has 2 heterocycles. The lowest BCUT2D eigenvalue weighted by Gasteiger charge is -2.42. The Labute approximate surface area is 144 Å². The van der Waals surface area contributed by atoms with Crippen molar-refractivity contribution in [1.29, 1.82) is 0 Å². The fourth-order valence-electron chi connectivity index (χ4n) is 3.96. The minimum Gasteiger partial charge on any atom is -0.343 e. The summed E-state index contributed by atoms with van der Waals surface area (Å²) in [5.41, 5.74) is 2.18. The van der Waals surface area contributed by atoms with Crippen LogP contribution < -0.4 is 5.32 Å². The lowest BCUT2D eigenvalue weighted by Crippen LogP contribution is -2.50. The molecule has 1 aromatic heterocycles. The quantitative estimate of drug-likeness (QED) is 0.858. The van der Waals surface area contributed by atoms with Crippen LogP contribution in [0.4, 0.5) is 0 Å². The van der Waals surface area contributed by atoms with Crippen molar-refractivity contribution in [2.75, 3.05) is 20.1 Å². The van der Waals surface area contributed by atoms with Crippen LogP contribution in [0.5, 0.6) is 0 Å². The second-order valence-corrected chi connectivity index (χ2v) is 6.92. The van der Waals surface area contributed by atoms with Crippen molar-refractivity contribution in [3.8, 4) is 0 Å². The first-order valence-electron chi connectivity index (χ1n) is 8.67. The monoisotopic (exact) mass is 324 g/mol. The lowest BCUT2D eigenvalue weighted by atomic mass is 9.93. The van der Waals surface area contributed by atoms with E-state index in [9.17, 15) is 4.79 Å². The summed E-state index contributed by atoms with van der Waals surface area (Å²) in [5.74, 6) is -0.00409. The molecular formula is C20H26N3O+. The summed E-state index contributed by atoms with van der Waals surface area (Å²) >= 11 is 0. The zero-order chi connectivity index (χ0) is 17.0. The van der Waals surface area contributed by atoms with E-state index >= 15 is 0 Å². The maximum atomic E-state index is 11.9. The summed E-state index contributed by atoms with van der Waals surface area (Å²) in [5, 5.41) is 3.20. The molecule has 2 aromatic rings. The van der Waals surface area contributed by atoms with Gasteiger partial charge >= 0.3 is 0 Å². The van der Waals surface area contributed by atoms with Gasteiger partial charge in [0.1, 0.15) is 11.7 Å². The molecule has 0 saturated carbocycles. The van der Waals surface area contributed by atoms with Crippen LogP contribution in [0, 0.1) is 0 Å². The molecule has 0 aliphatic carbocycles. The normalized spacial score (nSPS) is 18.8. The molecule has 1 unspecified atom stereocenters. The van der Waals surface area contributed by atoms with Crippen molar-refractivity contribution in [3.63, 3.8) is 0 Å². The fourth-order valence-corrected chi connectivity index (χ4v) is 3.96. The lowest BCUT2D eigenvalue weighted by molar-refractivity contribution is -0.930. The number of nitrogens with zero attached hydrogens (tertiary/aromatic N) is 2. The van der Waals surface area contributed by atoms with Crippen LogP contribution in [0.3, 0.4) is 0 Å². The largest absolute Gasteiger partial charge is 0.343 e. The van der Waals surface area contributed by atoms with Crippen LogP contribution in [0.25, 0.3) is 0 Å². The first kappa shape index (κ1) is 16.7. The molecule has 2 atom stereocenters. The number of amides is 1. The van der Waals surface area contributed by atoms with E-state index in [0.717, 1.165) is 28.8 Å². The summed E-state index contributed by atoms with van der Waals surface area (Å²) in [6.07, 6.45) is 4.29. The van der Waals surface area contributed by atoms with Gasteiger partial charge in [-0.1, -0.05) is 36.4 Å². The van der Waals surface area contributed by atoms with Crippen LogP contribution >= 0.6 is 0 Å². The number of hydrogen-bond acceptors (Lipinski definition) is 2. The Bertz CT molecular complexity index is 666. The van der Waals surface area contributed by atoms with Gasteiger partial charge in [-0.05, 0) is 17.7 Å². The van der Waals surface area contributed by atoms with E-state index in [-0.39, 0.29) is 18.0 Å². The smallest absolute Gasteiger partial charge is 0.217 e. The van der Waals surface area contributed by atoms with Crippen molar-refractivity contribution in [1.82, 2.24) is 10.3 Å². The van der Waals surface area contributed by atoms with Crippen LogP contribution in [0.15, 0.2) is 54.7 Å². The number of aromatic nitrogens is 1. The number of quaternary nitrogens is 1. The van der Waals surface area contributed by atoms with Crippen molar-refractivity contribution in [2.24, 2.45) is 0 Å². The first-order valence-corrected chi connectivity index (χ1v) is 8.67. The number of rotatable bonds is 5. The number of carbonyl (C=O) groups is 1. The molecule has 24 heavy (non-hydrogen) atoms. The number of likely N-dealkylation sites (N-methyl/N-ethyl adjacent to an activating group) is 1. The molecule has 1 aromatic carbocycles. The van der Waals surface area contributed by atoms with Gasteiger partial charge in [-0.25, -0.2) is 0 Å². The zero-order valence-corrected chi connectivity index (χ0v) is 14.5. The minimum atomic E-state index is -0.0818. The van der Waals surface area contributed by atoms with Crippen molar-refractivity contribution >= 4 is 5.91 Å². The van der Waals surface area contributed by atoms with E-state index < -0.39 is 0 Å². The number of likely N-dealkylation sites (tertiary alicyclic amines) is 1. The fraction of sp³-hybridized carbons (Fsp3) is 0.400. The Kier molecular flexibility index (Phi) is 4.95. The van der Waals surface area contributed by atoms with Gasteiger partial charge in [0.25, 0.3) is 0 Å². The number of benzene rings is 1. The van der Waals surface area contributed by atoms with Gasteiger partial charge < -0.3 is 9.80 Å². The molecule has 4 nitrogen and oxygen atoms in total. The minimum absolute atomic E-state index is 0.00409. The molecule has 1 saturated heterocycles. The summed E-state index contributed by atoms with van der Waals surface area (Å²) < 4.78 is 0.914. The van der Waals surface area contributed by atoms with Crippen molar-refractivity contribution < 1.29 is 9.28 Å². The zero-order valence-electron chi connectivity index (χ0n) is 14.5. The Hall–Kier alpha value is -2.20. The van der Waals surface area contributed by atoms with Crippen molar-refractivity contribution in [2.45, 2.75) is 31.8 Å². The summed E-state index contributed by atoms with van der Waals surface area (Å²) in [7, 11) is 2.30. The molecule has 0 radical (unpaired) electrons. The van der Waals surface area contributed by atoms with Gasteiger partial charge in [0, 0.05) is 26.0 Å². The molecule has 0 bridgehead atoms. The average Bonchev–Trinajstić information content (AvgIpc) is 3.03. The highest BCUT2D eigenvalue weighted by Gasteiger charge is 2.43. The van der Waals surface area contributed by atoms with E-state index in [1.54, 1.807) is 6.92 Å². The topological polar surface area (TPSA) is 42.0 Å². The number of pyridine rings is 1. The molecule has 1 amide bonds. The van der Waals surface area contributed by atoms with Crippen molar-refractivity contribution in [3.05, 3.63) is 66.0 Å². The number of nitrogens with one attached hydrogen (secondary N) is 1. The highest BCUT2D eigenvalue weighted by molar-refractivity contribution is 5.73. The van der Waals surface area contributed by atoms with Crippen LogP contribution in [-0.4, -0.2) is 35.5 Å². The Morgan fingerprint density at radius 1 is 1.08 bits per heavy atom. The third-order valence-electron chi connectivity index (χ3n) is 5.08. The summed E-state index contributed by atoms with van der Waals surface area (Å²) in [6.45, 7) is 3.82.